The molecule has 2 rings (SSSR count). The molecule has 0 unspecified atom stereocenters. The molecule has 0 saturated carbocycles. The molecule has 104 valence electrons. The third-order valence-electron chi connectivity index (χ3n) is 3.93. The van der Waals surface area contributed by atoms with Gasteiger partial charge < -0.3 is 19.4 Å². The summed E-state index contributed by atoms with van der Waals surface area (Å²) in [5, 5.41) is 9.09. The van der Waals surface area contributed by atoms with E-state index in [1.807, 2.05) is 27.7 Å². The van der Waals surface area contributed by atoms with Gasteiger partial charge >= 0.3 is 7.12 Å². The summed E-state index contributed by atoms with van der Waals surface area (Å²) >= 11 is 0. The highest BCUT2D eigenvalue weighted by atomic mass is 16.7. The van der Waals surface area contributed by atoms with Gasteiger partial charge in [-0.05, 0) is 45.1 Å². The zero-order chi connectivity index (χ0) is 14.3. The predicted molar refractivity (Wildman–Crippen MR) is 73.6 cm³/mol. The van der Waals surface area contributed by atoms with E-state index in [2.05, 4.69) is 4.98 Å². The van der Waals surface area contributed by atoms with Crippen LogP contribution in [-0.4, -0.2) is 35.0 Å². The van der Waals surface area contributed by atoms with Crippen LogP contribution in [0.15, 0.2) is 17.1 Å². The van der Waals surface area contributed by atoms with Crippen LogP contribution in [0.5, 0.6) is 0 Å². The number of rotatable bonds is 3. The SMILES string of the molecule is CC1(C)OB(c2cc(=O)[nH]cc2CCO)OC1(C)C. The van der Waals surface area contributed by atoms with Gasteiger partial charge in [0.25, 0.3) is 0 Å². The lowest BCUT2D eigenvalue weighted by atomic mass is 9.76. The van der Waals surface area contributed by atoms with Crippen LogP contribution in [0.3, 0.4) is 0 Å². The Balaban J connectivity index is 2.38. The van der Waals surface area contributed by atoms with Crippen LogP contribution in [0, 0.1) is 0 Å². The Morgan fingerprint density at radius 2 is 1.84 bits per heavy atom. The number of aliphatic hydroxyl groups is 1. The maximum Gasteiger partial charge on any atom is 0.495 e. The molecule has 1 fully saturated rings. The highest BCUT2D eigenvalue weighted by Gasteiger charge is 2.52. The van der Waals surface area contributed by atoms with E-state index in [1.165, 1.54) is 6.07 Å². The van der Waals surface area contributed by atoms with Crippen LogP contribution in [0.2, 0.25) is 0 Å². The van der Waals surface area contributed by atoms with Crippen LogP contribution in [-0.2, 0) is 15.7 Å². The summed E-state index contributed by atoms with van der Waals surface area (Å²) < 4.78 is 11.9. The molecule has 2 N–H and O–H groups in total. The summed E-state index contributed by atoms with van der Waals surface area (Å²) in [5.41, 5.74) is 0.427. The second kappa shape index (κ2) is 4.78. The first-order chi connectivity index (χ1) is 8.77. The van der Waals surface area contributed by atoms with Crippen molar-refractivity contribution >= 4 is 12.6 Å². The van der Waals surface area contributed by atoms with Crippen molar-refractivity contribution in [2.75, 3.05) is 6.61 Å². The van der Waals surface area contributed by atoms with Crippen LogP contribution in [0.4, 0.5) is 0 Å². The summed E-state index contributed by atoms with van der Waals surface area (Å²) in [7, 11) is -0.575. The highest BCUT2D eigenvalue weighted by Crippen LogP contribution is 2.36. The first kappa shape index (κ1) is 14.3. The molecular formula is C13H20BNO4. The van der Waals surface area contributed by atoms with Gasteiger partial charge in [-0.15, -0.1) is 0 Å². The predicted octanol–water partition coefficient (Wildman–Crippen LogP) is 0.209. The Bertz CT molecular complexity index is 508. The van der Waals surface area contributed by atoms with E-state index in [-0.39, 0.29) is 12.2 Å². The van der Waals surface area contributed by atoms with Crippen molar-refractivity contribution in [2.24, 2.45) is 0 Å². The largest absolute Gasteiger partial charge is 0.495 e. The smallest absolute Gasteiger partial charge is 0.399 e. The lowest BCUT2D eigenvalue weighted by molar-refractivity contribution is 0.00578. The number of hydrogen-bond donors (Lipinski definition) is 2. The fourth-order valence-electron chi connectivity index (χ4n) is 2.04. The van der Waals surface area contributed by atoms with Gasteiger partial charge in [-0.25, -0.2) is 0 Å². The average Bonchev–Trinajstić information content (AvgIpc) is 2.51. The van der Waals surface area contributed by atoms with Crippen molar-refractivity contribution < 1.29 is 14.4 Å². The van der Waals surface area contributed by atoms with Gasteiger partial charge in [-0.3, -0.25) is 4.79 Å². The average molecular weight is 265 g/mol. The molecule has 0 radical (unpaired) electrons. The van der Waals surface area contributed by atoms with Gasteiger partial charge in [0.15, 0.2) is 0 Å². The summed E-state index contributed by atoms with van der Waals surface area (Å²) in [6.07, 6.45) is 2.06. The second-order valence-electron chi connectivity index (χ2n) is 5.84. The number of pyridine rings is 1. The second-order valence-corrected chi connectivity index (χ2v) is 5.84. The van der Waals surface area contributed by atoms with Crippen LogP contribution in [0.1, 0.15) is 33.3 Å². The Hall–Kier alpha value is -1.11. The van der Waals surface area contributed by atoms with Crippen molar-refractivity contribution in [3.8, 4) is 0 Å². The molecule has 5 nitrogen and oxygen atoms in total. The molecule has 1 aromatic rings. The zero-order valence-electron chi connectivity index (χ0n) is 11.8. The Morgan fingerprint density at radius 3 is 2.37 bits per heavy atom. The minimum absolute atomic E-state index is 0.0124. The summed E-state index contributed by atoms with van der Waals surface area (Å²) in [4.78, 5) is 14.1. The molecule has 0 aromatic carbocycles. The molecule has 0 spiro atoms. The molecule has 1 aromatic heterocycles. The Morgan fingerprint density at radius 1 is 1.26 bits per heavy atom. The molecular weight excluding hydrogens is 245 g/mol. The van der Waals surface area contributed by atoms with Gasteiger partial charge in [0.2, 0.25) is 5.56 Å². The summed E-state index contributed by atoms with van der Waals surface area (Å²) in [5.74, 6) is 0. The van der Waals surface area contributed by atoms with Gasteiger partial charge in [-0.2, -0.15) is 0 Å². The van der Waals surface area contributed by atoms with Crippen LogP contribution < -0.4 is 11.0 Å². The standard InChI is InChI=1S/C13H20BNO4/c1-12(2)13(3,4)19-14(18-12)10-7-11(17)15-8-9(10)5-6-16/h7-8,16H,5-6H2,1-4H3,(H,15,17). The molecule has 2 heterocycles. The number of nitrogens with one attached hydrogen (secondary N) is 1. The van der Waals surface area contributed by atoms with E-state index >= 15 is 0 Å². The molecule has 0 bridgehead atoms. The summed E-state index contributed by atoms with van der Waals surface area (Å²) in [6.45, 7) is 7.87. The molecule has 1 aliphatic heterocycles. The summed E-state index contributed by atoms with van der Waals surface area (Å²) in [6, 6.07) is 1.48. The number of aromatic amines is 1. The quantitative estimate of drug-likeness (QED) is 0.766. The van der Waals surface area contributed by atoms with Crippen molar-refractivity contribution in [1.82, 2.24) is 4.98 Å². The highest BCUT2D eigenvalue weighted by molar-refractivity contribution is 6.62. The third-order valence-corrected chi connectivity index (χ3v) is 3.93. The Labute approximate surface area is 113 Å². The van der Waals surface area contributed by atoms with Gasteiger partial charge in [0.05, 0.1) is 11.2 Å². The maximum atomic E-state index is 11.5. The third kappa shape index (κ3) is 2.61. The van der Waals surface area contributed by atoms with Crippen molar-refractivity contribution in [1.29, 1.82) is 0 Å². The molecule has 19 heavy (non-hydrogen) atoms. The zero-order valence-corrected chi connectivity index (χ0v) is 11.8. The molecule has 0 atom stereocenters. The van der Waals surface area contributed by atoms with E-state index in [0.717, 1.165) is 5.56 Å². The van der Waals surface area contributed by atoms with Crippen molar-refractivity contribution in [3.63, 3.8) is 0 Å². The molecule has 6 heteroatoms. The van der Waals surface area contributed by atoms with E-state index in [4.69, 9.17) is 14.4 Å². The van der Waals surface area contributed by atoms with Gasteiger partial charge in [0.1, 0.15) is 0 Å². The number of aliphatic hydroxyl groups excluding tert-OH is 1. The van der Waals surface area contributed by atoms with E-state index in [1.54, 1.807) is 6.20 Å². The topological polar surface area (TPSA) is 71.6 Å². The first-order valence-electron chi connectivity index (χ1n) is 6.45. The minimum Gasteiger partial charge on any atom is -0.399 e. The number of hydrogen-bond acceptors (Lipinski definition) is 4. The van der Waals surface area contributed by atoms with Crippen LogP contribution >= 0.6 is 0 Å². The van der Waals surface area contributed by atoms with Crippen LogP contribution in [0.25, 0.3) is 0 Å². The normalized spacial score (nSPS) is 20.8. The molecule has 0 amide bonds. The van der Waals surface area contributed by atoms with Crippen molar-refractivity contribution in [2.45, 2.75) is 45.3 Å². The monoisotopic (exact) mass is 265 g/mol. The maximum absolute atomic E-state index is 11.5. The molecule has 0 aliphatic carbocycles. The lowest BCUT2D eigenvalue weighted by Gasteiger charge is -2.32. The minimum atomic E-state index is -0.575. The Kier molecular flexibility index (Phi) is 3.60. The van der Waals surface area contributed by atoms with Crippen molar-refractivity contribution in [3.05, 3.63) is 28.2 Å². The number of H-pyrrole nitrogens is 1. The van der Waals surface area contributed by atoms with Gasteiger partial charge in [-0.1, -0.05) is 0 Å². The first-order valence-corrected chi connectivity index (χ1v) is 6.45. The fourth-order valence-corrected chi connectivity index (χ4v) is 2.04. The number of aromatic nitrogens is 1. The van der Waals surface area contributed by atoms with E-state index in [0.29, 0.717) is 11.9 Å². The molecule has 1 saturated heterocycles. The van der Waals surface area contributed by atoms with E-state index < -0.39 is 18.3 Å². The molecule has 1 aliphatic rings. The lowest BCUT2D eigenvalue weighted by Crippen LogP contribution is -2.41. The van der Waals surface area contributed by atoms with E-state index in [9.17, 15) is 4.79 Å². The van der Waals surface area contributed by atoms with Gasteiger partial charge in [0, 0.05) is 18.9 Å². The fraction of sp³-hybridized carbons (Fsp3) is 0.615.